The molecule has 3 N–H and O–H groups in total. The molecule has 0 aromatic heterocycles. The van der Waals surface area contributed by atoms with E-state index < -0.39 is 12.1 Å². The first kappa shape index (κ1) is 51.6. The molecule has 0 saturated carbocycles. The third-order valence-corrected chi connectivity index (χ3v) is 9.86. The van der Waals surface area contributed by atoms with E-state index in [2.05, 4.69) is 92.1 Å². The summed E-state index contributed by atoms with van der Waals surface area (Å²) in [7, 11) is 0. The third-order valence-electron chi connectivity index (χ3n) is 9.86. The van der Waals surface area contributed by atoms with Crippen LogP contribution in [0.3, 0.4) is 0 Å². The molecule has 0 fully saturated rings. The zero-order chi connectivity index (χ0) is 39.3. The van der Waals surface area contributed by atoms with Crippen molar-refractivity contribution in [3.63, 3.8) is 0 Å². The van der Waals surface area contributed by atoms with Crippen LogP contribution < -0.4 is 5.32 Å². The van der Waals surface area contributed by atoms with Gasteiger partial charge in [-0.2, -0.15) is 0 Å². The van der Waals surface area contributed by atoms with Crippen molar-refractivity contribution in [2.75, 3.05) is 6.61 Å². The summed E-state index contributed by atoms with van der Waals surface area (Å²) in [6.07, 6.45) is 65.6. The van der Waals surface area contributed by atoms with Crippen LogP contribution in [-0.4, -0.2) is 34.9 Å². The zero-order valence-electron chi connectivity index (χ0n) is 35.5. The Morgan fingerprint density at radius 1 is 0.463 bits per heavy atom. The second kappa shape index (κ2) is 45.0. The van der Waals surface area contributed by atoms with Gasteiger partial charge in [-0.05, 0) is 77.0 Å². The van der Waals surface area contributed by atoms with E-state index in [4.69, 9.17) is 0 Å². The van der Waals surface area contributed by atoms with Gasteiger partial charge in [0.2, 0.25) is 5.91 Å². The summed E-state index contributed by atoms with van der Waals surface area (Å²) in [6.45, 7) is 4.17. The molecule has 2 atom stereocenters. The Bertz CT molecular complexity index is 988. The number of carbonyl (C=O) groups excluding carboxylic acids is 1. The average molecular weight is 750 g/mol. The molecule has 0 rings (SSSR count). The summed E-state index contributed by atoms with van der Waals surface area (Å²) >= 11 is 0. The van der Waals surface area contributed by atoms with E-state index in [-0.39, 0.29) is 12.5 Å². The molecule has 0 aliphatic rings. The normalized spacial score (nSPS) is 13.8. The number of aliphatic hydroxyl groups is 2. The number of allylic oxidation sites excluding steroid dienone is 13. The van der Waals surface area contributed by atoms with Crippen LogP contribution in [0.25, 0.3) is 0 Å². The number of hydrogen-bond donors (Lipinski definition) is 3. The predicted octanol–water partition coefficient (Wildman–Crippen LogP) is 14.5. The molecule has 0 saturated heterocycles. The summed E-state index contributed by atoms with van der Waals surface area (Å²) < 4.78 is 0. The van der Waals surface area contributed by atoms with Gasteiger partial charge >= 0.3 is 0 Å². The number of hydrogen-bond acceptors (Lipinski definition) is 3. The molecule has 0 spiro atoms. The fourth-order valence-electron chi connectivity index (χ4n) is 6.40. The van der Waals surface area contributed by atoms with Crippen LogP contribution in [0.5, 0.6) is 0 Å². The van der Waals surface area contributed by atoms with Crippen molar-refractivity contribution in [1.29, 1.82) is 0 Å². The molecule has 54 heavy (non-hydrogen) atoms. The number of amides is 1. The highest BCUT2D eigenvalue weighted by molar-refractivity contribution is 5.76. The van der Waals surface area contributed by atoms with Crippen LogP contribution >= 0.6 is 0 Å². The molecule has 310 valence electrons. The molecule has 4 heteroatoms. The maximum absolute atomic E-state index is 12.4. The Hall–Kier alpha value is -2.43. The number of unbranched alkanes of at least 4 members (excludes halogenated alkanes) is 21. The van der Waals surface area contributed by atoms with Crippen LogP contribution in [0.2, 0.25) is 0 Å². The average Bonchev–Trinajstić information content (AvgIpc) is 3.18. The molecule has 0 aliphatic carbocycles. The van der Waals surface area contributed by atoms with Gasteiger partial charge in [0.1, 0.15) is 0 Å². The Morgan fingerprint density at radius 2 is 0.833 bits per heavy atom. The molecule has 0 aromatic rings. The standard InChI is InChI=1S/C50H87NO3/c1-3-5-7-9-11-13-15-17-19-21-23-24-25-26-28-29-31-33-35-37-39-41-43-45-49(53)48(47-52)51-50(54)46-44-42-40-38-36-34-32-30-27-22-20-18-16-14-12-10-8-6-4-2/h6,8,12,14,18,20,27,30,34-37,43,45,48-49,52-53H,3-5,7,9-11,13,15-17,19,21-26,28-29,31-33,38-42,44,46-47H2,1-2H3,(H,51,54)/b8-6-,14-12-,20-18-,30-27-,36-34-,37-35+,45-43+. The molecule has 1 amide bonds. The smallest absolute Gasteiger partial charge is 0.220 e. The van der Waals surface area contributed by atoms with E-state index in [1.807, 2.05) is 6.08 Å². The van der Waals surface area contributed by atoms with Crippen molar-refractivity contribution in [1.82, 2.24) is 5.32 Å². The van der Waals surface area contributed by atoms with Crippen LogP contribution in [0.15, 0.2) is 85.1 Å². The predicted molar refractivity (Wildman–Crippen MR) is 239 cm³/mol. The van der Waals surface area contributed by atoms with Crippen LogP contribution in [0.1, 0.15) is 206 Å². The van der Waals surface area contributed by atoms with Crippen LogP contribution in [0.4, 0.5) is 0 Å². The quantitative estimate of drug-likeness (QED) is 0.0431. The summed E-state index contributed by atoms with van der Waals surface area (Å²) in [5.74, 6) is -0.108. The van der Waals surface area contributed by atoms with Gasteiger partial charge in [0.05, 0.1) is 18.8 Å². The molecular formula is C50H87NO3. The van der Waals surface area contributed by atoms with Crippen LogP contribution in [-0.2, 0) is 4.79 Å². The third kappa shape index (κ3) is 40.7. The van der Waals surface area contributed by atoms with E-state index in [0.717, 1.165) is 77.0 Å². The van der Waals surface area contributed by atoms with Crippen molar-refractivity contribution in [2.45, 2.75) is 219 Å². The Labute approximate surface area is 335 Å². The first-order valence-electron chi connectivity index (χ1n) is 22.8. The highest BCUT2D eigenvalue weighted by Crippen LogP contribution is 2.15. The Morgan fingerprint density at radius 3 is 1.30 bits per heavy atom. The molecule has 0 aromatic carbocycles. The minimum absolute atomic E-state index is 0.108. The van der Waals surface area contributed by atoms with Gasteiger partial charge in [0, 0.05) is 6.42 Å². The minimum atomic E-state index is -0.881. The summed E-state index contributed by atoms with van der Waals surface area (Å²) in [5, 5.41) is 23.0. The summed E-state index contributed by atoms with van der Waals surface area (Å²) in [4.78, 5) is 12.4. The summed E-state index contributed by atoms with van der Waals surface area (Å²) in [5.41, 5.74) is 0. The maximum Gasteiger partial charge on any atom is 0.220 e. The van der Waals surface area contributed by atoms with Gasteiger partial charge in [-0.25, -0.2) is 0 Å². The molecule has 0 radical (unpaired) electrons. The van der Waals surface area contributed by atoms with Gasteiger partial charge in [-0.1, -0.05) is 208 Å². The molecule has 2 unspecified atom stereocenters. The largest absolute Gasteiger partial charge is 0.394 e. The highest BCUT2D eigenvalue weighted by atomic mass is 16.3. The van der Waals surface area contributed by atoms with Gasteiger partial charge in [-0.15, -0.1) is 0 Å². The summed E-state index contributed by atoms with van der Waals surface area (Å²) in [6, 6.07) is -0.662. The molecular weight excluding hydrogens is 663 g/mol. The van der Waals surface area contributed by atoms with Crippen molar-refractivity contribution in [3.8, 4) is 0 Å². The SMILES string of the molecule is CC/C=C\C/C=C\C/C=C\C/C=C\C/C=C\CCCCCC(=O)NC(CO)C(O)/C=C/CC/C=C/CCCCCCCCCCCCCCCCCCC. The van der Waals surface area contributed by atoms with Crippen molar-refractivity contribution < 1.29 is 15.0 Å². The van der Waals surface area contributed by atoms with E-state index >= 15 is 0 Å². The second-order valence-corrected chi connectivity index (χ2v) is 15.1. The Balaban J connectivity index is 3.69. The van der Waals surface area contributed by atoms with Crippen LogP contribution in [0, 0.1) is 0 Å². The van der Waals surface area contributed by atoms with Crippen molar-refractivity contribution in [3.05, 3.63) is 85.1 Å². The van der Waals surface area contributed by atoms with E-state index in [9.17, 15) is 15.0 Å². The molecule has 4 nitrogen and oxygen atoms in total. The molecule has 0 bridgehead atoms. The minimum Gasteiger partial charge on any atom is -0.394 e. The van der Waals surface area contributed by atoms with Gasteiger partial charge in [0.25, 0.3) is 0 Å². The van der Waals surface area contributed by atoms with Crippen molar-refractivity contribution >= 4 is 5.91 Å². The lowest BCUT2D eigenvalue weighted by Crippen LogP contribution is -2.45. The first-order valence-corrected chi connectivity index (χ1v) is 22.8. The molecule has 0 heterocycles. The fraction of sp³-hybridized carbons (Fsp3) is 0.700. The van der Waals surface area contributed by atoms with E-state index in [1.54, 1.807) is 6.08 Å². The lowest BCUT2D eigenvalue weighted by molar-refractivity contribution is -0.123. The fourth-order valence-corrected chi connectivity index (χ4v) is 6.40. The second-order valence-electron chi connectivity index (χ2n) is 15.1. The number of nitrogens with one attached hydrogen (secondary N) is 1. The molecule has 0 aliphatic heterocycles. The lowest BCUT2D eigenvalue weighted by Gasteiger charge is -2.19. The van der Waals surface area contributed by atoms with E-state index in [0.29, 0.717) is 6.42 Å². The topological polar surface area (TPSA) is 69.6 Å². The van der Waals surface area contributed by atoms with Gasteiger partial charge < -0.3 is 15.5 Å². The first-order chi connectivity index (χ1) is 26.7. The maximum atomic E-state index is 12.4. The Kier molecular flexibility index (Phi) is 42.9. The van der Waals surface area contributed by atoms with E-state index in [1.165, 1.54) is 109 Å². The number of rotatable bonds is 40. The lowest BCUT2D eigenvalue weighted by atomic mass is 10.0. The number of aliphatic hydroxyl groups excluding tert-OH is 2. The van der Waals surface area contributed by atoms with Gasteiger partial charge in [0.15, 0.2) is 0 Å². The highest BCUT2D eigenvalue weighted by Gasteiger charge is 2.17. The van der Waals surface area contributed by atoms with Gasteiger partial charge in [-0.3, -0.25) is 4.79 Å². The monoisotopic (exact) mass is 750 g/mol. The zero-order valence-corrected chi connectivity index (χ0v) is 35.5. The number of carbonyl (C=O) groups is 1. The van der Waals surface area contributed by atoms with Crippen molar-refractivity contribution in [2.24, 2.45) is 0 Å².